The molecule has 3 aliphatic rings. The van der Waals surface area contributed by atoms with Crippen LogP contribution in [0.4, 0.5) is 0 Å². The maximum Gasteiger partial charge on any atom is 0.0910 e. The molecule has 3 fully saturated rings. The van der Waals surface area contributed by atoms with Crippen LogP contribution in [0.1, 0.15) is 33.6 Å². The van der Waals surface area contributed by atoms with Crippen LogP contribution in [0.5, 0.6) is 0 Å². The summed E-state index contributed by atoms with van der Waals surface area (Å²) in [5.41, 5.74) is -0.610. The number of fused-ring (bicyclic) bond motifs is 2. The predicted octanol–water partition coefficient (Wildman–Crippen LogP) is 1.16. The summed E-state index contributed by atoms with van der Waals surface area (Å²) >= 11 is 0. The van der Waals surface area contributed by atoms with Gasteiger partial charge in [0.05, 0.1) is 11.7 Å². The zero-order chi connectivity index (χ0) is 9.15. The molecule has 0 amide bonds. The van der Waals surface area contributed by atoms with Crippen molar-refractivity contribution in [2.45, 2.75) is 45.3 Å². The van der Waals surface area contributed by atoms with Gasteiger partial charge in [0.2, 0.25) is 0 Å². The Balaban J connectivity index is 2.27. The van der Waals surface area contributed by atoms with Crippen molar-refractivity contribution in [3.8, 4) is 0 Å². The molecule has 3 rings (SSSR count). The average molecular weight is 170 g/mol. The minimum atomic E-state index is -0.849. The molecule has 0 spiro atoms. The summed E-state index contributed by atoms with van der Waals surface area (Å²) in [5, 5.41) is 19.7. The summed E-state index contributed by atoms with van der Waals surface area (Å²) in [6.07, 6.45) is 1.36. The van der Waals surface area contributed by atoms with Gasteiger partial charge in [-0.3, -0.25) is 0 Å². The van der Waals surface area contributed by atoms with Gasteiger partial charge in [-0.15, -0.1) is 0 Å². The highest BCUT2D eigenvalue weighted by Crippen LogP contribution is 2.62. The molecule has 0 heterocycles. The van der Waals surface area contributed by atoms with Crippen LogP contribution in [0.15, 0.2) is 0 Å². The third-order valence-electron chi connectivity index (χ3n) is 4.36. The van der Waals surface area contributed by atoms with Crippen LogP contribution in [0.3, 0.4) is 0 Å². The second-order valence-electron chi connectivity index (χ2n) is 5.28. The van der Waals surface area contributed by atoms with Crippen molar-refractivity contribution in [1.29, 1.82) is 0 Å². The van der Waals surface area contributed by atoms with E-state index in [-0.39, 0.29) is 5.41 Å². The number of aliphatic hydroxyl groups excluding tert-OH is 1. The standard InChI is InChI=1S/C10H18O2/c1-9(2)6-4-7(9)10(3,12)8(11)5-6/h6-8,11-12H,4-5H2,1-3H3/t6-,7-,8?,10?/m0/s1. The van der Waals surface area contributed by atoms with E-state index >= 15 is 0 Å². The van der Waals surface area contributed by atoms with Crippen LogP contribution in [0.25, 0.3) is 0 Å². The molecule has 0 aliphatic heterocycles. The van der Waals surface area contributed by atoms with E-state index in [0.29, 0.717) is 11.8 Å². The molecule has 70 valence electrons. The Hall–Kier alpha value is -0.0800. The lowest BCUT2D eigenvalue weighted by Gasteiger charge is -2.64. The van der Waals surface area contributed by atoms with Crippen LogP contribution < -0.4 is 0 Å². The van der Waals surface area contributed by atoms with Crippen molar-refractivity contribution >= 4 is 0 Å². The Kier molecular flexibility index (Phi) is 1.45. The van der Waals surface area contributed by atoms with Gasteiger partial charge < -0.3 is 10.2 Å². The number of hydrogen-bond donors (Lipinski definition) is 2. The van der Waals surface area contributed by atoms with Crippen LogP contribution >= 0.6 is 0 Å². The number of aliphatic hydroxyl groups is 2. The van der Waals surface area contributed by atoms with Crippen LogP contribution in [0.2, 0.25) is 0 Å². The zero-order valence-corrected chi connectivity index (χ0v) is 8.04. The highest BCUT2D eigenvalue weighted by atomic mass is 16.3. The molecule has 3 aliphatic carbocycles. The Labute approximate surface area is 73.6 Å². The summed E-state index contributed by atoms with van der Waals surface area (Å²) in [6.45, 7) is 6.18. The lowest BCUT2D eigenvalue weighted by molar-refractivity contribution is -0.245. The smallest absolute Gasteiger partial charge is 0.0910 e. The fourth-order valence-electron chi connectivity index (χ4n) is 3.15. The summed E-state index contributed by atoms with van der Waals surface area (Å²) < 4.78 is 0. The van der Waals surface area contributed by atoms with E-state index in [4.69, 9.17) is 0 Å². The highest BCUT2D eigenvalue weighted by molar-refractivity contribution is 5.12. The fourth-order valence-corrected chi connectivity index (χ4v) is 3.15. The molecular formula is C10H18O2. The second-order valence-corrected chi connectivity index (χ2v) is 5.28. The molecule has 2 heteroatoms. The summed E-state index contributed by atoms with van der Waals surface area (Å²) in [6, 6.07) is 0. The molecule has 0 radical (unpaired) electrons. The number of hydrogen-bond acceptors (Lipinski definition) is 2. The SMILES string of the molecule is CC1(O)C(O)C[C@@H]2C[C@H]1C2(C)C. The Morgan fingerprint density at radius 1 is 1.17 bits per heavy atom. The quantitative estimate of drug-likeness (QED) is 0.573. The molecule has 2 bridgehead atoms. The molecule has 0 aromatic carbocycles. The van der Waals surface area contributed by atoms with Crippen molar-refractivity contribution in [1.82, 2.24) is 0 Å². The minimum absolute atomic E-state index is 0.239. The van der Waals surface area contributed by atoms with Crippen molar-refractivity contribution in [2.75, 3.05) is 0 Å². The van der Waals surface area contributed by atoms with Gasteiger partial charge in [-0.05, 0) is 37.0 Å². The topological polar surface area (TPSA) is 40.5 Å². The van der Waals surface area contributed by atoms with Gasteiger partial charge in [-0.2, -0.15) is 0 Å². The molecule has 0 aromatic rings. The van der Waals surface area contributed by atoms with Crippen LogP contribution in [0, 0.1) is 17.3 Å². The Bertz CT molecular complexity index is 208. The van der Waals surface area contributed by atoms with Gasteiger partial charge in [0.1, 0.15) is 0 Å². The molecule has 12 heavy (non-hydrogen) atoms. The lowest BCUT2D eigenvalue weighted by atomic mass is 9.43. The van der Waals surface area contributed by atoms with Crippen molar-refractivity contribution in [3.05, 3.63) is 0 Å². The predicted molar refractivity (Wildman–Crippen MR) is 46.6 cm³/mol. The second kappa shape index (κ2) is 2.05. The highest BCUT2D eigenvalue weighted by Gasteiger charge is 2.62. The molecule has 3 saturated carbocycles. The van der Waals surface area contributed by atoms with Crippen molar-refractivity contribution < 1.29 is 10.2 Å². The molecule has 2 unspecified atom stereocenters. The third-order valence-corrected chi connectivity index (χ3v) is 4.36. The van der Waals surface area contributed by atoms with Gasteiger partial charge in [0.25, 0.3) is 0 Å². The third kappa shape index (κ3) is 0.775. The van der Waals surface area contributed by atoms with Crippen molar-refractivity contribution in [3.63, 3.8) is 0 Å². The molecule has 2 N–H and O–H groups in total. The van der Waals surface area contributed by atoms with Crippen LogP contribution in [-0.2, 0) is 0 Å². The van der Waals surface area contributed by atoms with E-state index in [1.807, 2.05) is 0 Å². The monoisotopic (exact) mass is 170 g/mol. The normalized spacial score (nSPS) is 56.2. The molecule has 0 saturated heterocycles. The van der Waals surface area contributed by atoms with E-state index in [1.54, 1.807) is 6.92 Å². The first kappa shape index (κ1) is 8.52. The van der Waals surface area contributed by atoms with Gasteiger partial charge in [0.15, 0.2) is 0 Å². The minimum Gasteiger partial charge on any atom is -0.390 e. The van der Waals surface area contributed by atoms with E-state index in [0.717, 1.165) is 12.8 Å². The van der Waals surface area contributed by atoms with Gasteiger partial charge >= 0.3 is 0 Å². The summed E-state index contributed by atoms with van der Waals surface area (Å²) in [4.78, 5) is 0. The maximum atomic E-state index is 10.0. The molecule has 2 nitrogen and oxygen atoms in total. The first-order valence-electron chi connectivity index (χ1n) is 4.77. The first-order valence-corrected chi connectivity index (χ1v) is 4.77. The van der Waals surface area contributed by atoms with Gasteiger partial charge in [-0.1, -0.05) is 13.8 Å². The van der Waals surface area contributed by atoms with E-state index < -0.39 is 11.7 Å². The zero-order valence-electron chi connectivity index (χ0n) is 8.04. The maximum absolute atomic E-state index is 10.0. The fraction of sp³-hybridized carbons (Fsp3) is 1.00. The van der Waals surface area contributed by atoms with Crippen molar-refractivity contribution in [2.24, 2.45) is 17.3 Å². The van der Waals surface area contributed by atoms with Gasteiger partial charge in [0, 0.05) is 0 Å². The largest absolute Gasteiger partial charge is 0.390 e. The summed E-state index contributed by atoms with van der Waals surface area (Å²) in [5.74, 6) is 0.913. The van der Waals surface area contributed by atoms with E-state index in [9.17, 15) is 10.2 Å². The van der Waals surface area contributed by atoms with E-state index in [2.05, 4.69) is 13.8 Å². The molecule has 0 aromatic heterocycles. The average Bonchev–Trinajstić information content (AvgIpc) is 1.93. The summed E-state index contributed by atoms with van der Waals surface area (Å²) in [7, 11) is 0. The Morgan fingerprint density at radius 2 is 1.75 bits per heavy atom. The van der Waals surface area contributed by atoms with E-state index in [1.165, 1.54) is 0 Å². The molecule has 4 atom stereocenters. The molecular weight excluding hydrogens is 152 g/mol. The lowest BCUT2D eigenvalue weighted by Crippen LogP contribution is -2.66. The number of rotatable bonds is 0. The van der Waals surface area contributed by atoms with Crippen LogP contribution in [-0.4, -0.2) is 21.9 Å². The van der Waals surface area contributed by atoms with Gasteiger partial charge in [-0.25, -0.2) is 0 Å². The first-order chi connectivity index (χ1) is 5.37. The Morgan fingerprint density at radius 3 is 2.08 bits per heavy atom.